The first-order chi connectivity index (χ1) is 9.55. The second-order valence-corrected chi connectivity index (χ2v) is 7.35. The molecule has 0 radical (unpaired) electrons. The van der Waals surface area contributed by atoms with Crippen LogP contribution in [-0.2, 0) is 16.6 Å². The highest BCUT2D eigenvalue weighted by atomic mass is 32.2. The monoisotopic (exact) mass is 299 g/mol. The first-order valence-electron chi connectivity index (χ1n) is 7.39. The predicted octanol–water partition coefficient (Wildman–Crippen LogP) is 1.98. The summed E-state index contributed by atoms with van der Waals surface area (Å²) in [6.45, 7) is 2.84. The van der Waals surface area contributed by atoms with E-state index in [-0.39, 0.29) is 6.04 Å². The molecule has 0 spiro atoms. The van der Waals surface area contributed by atoms with E-state index in [4.69, 9.17) is 0 Å². The molecule has 1 aromatic heterocycles. The molecule has 5 nitrogen and oxygen atoms in total. The number of hydrogen-bond acceptors (Lipinski definition) is 3. The summed E-state index contributed by atoms with van der Waals surface area (Å²) in [7, 11) is -1.56. The van der Waals surface area contributed by atoms with E-state index >= 15 is 0 Å². The first kappa shape index (κ1) is 15.5. The number of hydrogen-bond donors (Lipinski definition) is 3. The Hall–Kier alpha value is -0.850. The van der Waals surface area contributed by atoms with Crippen molar-refractivity contribution in [1.82, 2.24) is 15.0 Å². The van der Waals surface area contributed by atoms with Gasteiger partial charge in [-0.05, 0) is 44.7 Å². The van der Waals surface area contributed by atoms with Crippen molar-refractivity contribution in [2.24, 2.45) is 5.92 Å². The molecule has 0 aliphatic heterocycles. The Balaban J connectivity index is 1.96. The standard InChI is InChI=1S/C14H25N3O2S/c1-3-11-4-6-12(7-5-11)17-20(18,19)14-8-13(9-15-2)16-10-14/h8,10-12,15-17H,3-7,9H2,1-2H3. The Kier molecular flexibility index (Phi) is 5.23. The summed E-state index contributed by atoms with van der Waals surface area (Å²) in [5, 5.41) is 2.99. The number of nitrogens with one attached hydrogen (secondary N) is 3. The second kappa shape index (κ2) is 6.74. The molecule has 6 heteroatoms. The van der Waals surface area contributed by atoms with Gasteiger partial charge in [0, 0.05) is 24.5 Å². The van der Waals surface area contributed by atoms with Gasteiger partial charge in [0.1, 0.15) is 0 Å². The highest BCUT2D eigenvalue weighted by molar-refractivity contribution is 7.89. The lowest BCUT2D eigenvalue weighted by Crippen LogP contribution is -2.37. The summed E-state index contributed by atoms with van der Waals surface area (Å²) in [6.07, 6.45) is 6.91. The van der Waals surface area contributed by atoms with Gasteiger partial charge < -0.3 is 10.3 Å². The minimum absolute atomic E-state index is 0.0884. The van der Waals surface area contributed by atoms with E-state index in [2.05, 4.69) is 21.9 Å². The summed E-state index contributed by atoms with van der Waals surface area (Å²) in [5.41, 5.74) is 0.877. The molecule has 2 rings (SSSR count). The normalized spacial score (nSPS) is 23.9. The number of rotatable bonds is 6. The van der Waals surface area contributed by atoms with E-state index in [1.54, 1.807) is 12.3 Å². The molecule has 114 valence electrons. The summed E-state index contributed by atoms with van der Waals surface area (Å²) >= 11 is 0. The van der Waals surface area contributed by atoms with Crippen molar-refractivity contribution in [1.29, 1.82) is 0 Å². The average Bonchev–Trinajstić information content (AvgIpc) is 2.89. The van der Waals surface area contributed by atoms with Crippen molar-refractivity contribution in [3.8, 4) is 0 Å². The largest absolute Gasteiger partial charge is 0.363 e. The number of aromatic amines is 1. The van der Waals surface area contributed by atoms with Crippen molar-refractivity contribution in [3.05, 3.63) is 18.0 Å². The van der Waals surface area contributed by atoms with E-state index in [0.717, 1.165) is 37.3 Å². The van der Waals surface area contributed by atoms with Crippen molar-refractivity contribution in [3.63, 3.8) is 0 Å². The second-order valence-electron chi connectivity index (χ2n) is 5.64. The van der Waals surface area contributed by atoms with Gasteiger partial charge in [-0.2, -0.15) is 0 Å². The Morgan fingerprint density at radius 1 is 1.30 bits per heavy atom. The Labute approximate surface area is 121 Å². The fourth-order valence-electron chi connectivity index (χ4n) is 2.84. The molecule has 1 fully saturated rings. The predicted molar refractivity (Wildman–Crippen MR) is 79.9 cm³/mol. The summed E-state index contributed by atoms with van der Waals surface area (Å²) in [4.78, 5) is 3.32. The lowest BCUT2D eigenvalue weighted by atomic mass is 9.85. The molecular weight excluding hydrogens is 274 g/mol. The SMILES string of the molecule is CCC1CCC(NS(=O)(=O)c2c[nH]c(CNC)c2)CC1. The minimum atomic E-state index is -3.39. The van der Waals surface area contributed by atoms with Crippen LogP contribution in [0.3, 0.4) is 0 Å². The number of H-pyrrole nitrogens is 1. The van der Waals surface area contributed by atoms with E-state index in [1.807, 2.05) is 7.05 Å². The molecule has 0 unspecified atom stereocenters. The molecule has 1 aromatic rings. The van der Waals surface area contributed by atoms with Crippen LogP contribution in [0.15, 0.2) is 17.2 Å². The van der Waals surface area contributed by atoms with E-state index in [9.17, 15) is 8.42 Å². The van der Waals surface area contributed by atoms with Crippen LogP contribution in [-0.4, -0.2) is 26.5 Å². The lowest BCUT2D eigenvalue weighted by molar-refractivity contribution is 0.306. The Morgan fingerprint density at radius 2 is 2.00 bits per heavy atom. The quantitative estimate of drug-likeness (QED) is 0.752. The van der Waals surface area contributed by atoms with Crippen LogP contribution in [0.25, 0.3) is 0 Å². The van der Waals surface area contributed by atoms with Gasteiger partial charge in [-0.3, -0.25) is 0 Å². The lowest BCUT2D eigenvalue weighted by Gasteiger charge is -2.28. The molecule has 0 bridgehead atoms. The van der Waals surface area contributed by atoms with Crippen LogP contribution >= 0.6 is 0 Å². The zero-order chi connectivity index (χ0) is 14.6. The van der Waals surface area contributed by atoms with Crippen LogP contribution in [0.1, 0.15) is 44.7 Å². The first-order valence-corrected chi connectivity index (χ1v) is 8.87. The molecule has 1 saturated carbocycles. The minimum Gasteiger partial charge on any atom is -0.363 e. The third-order valence-corrected chi connectivity index (χ3v) is 5.64. The molecule has 20 heavy (non-hydrogen) atoms. The molecule has 3 N–H and O–H groups in total. The van der Waals surface area contributed by atoms with Crippen molar-refractivity contribution < 1.29 is 8.42 Å². The van der Waals surface area contributed by atoms with Crippen LogP contribution in [0.2, 0.25) is 0 Å². The topological polar surface area (TPSA) is 74.0 Å². The Morgan fingerprint density at radius 3 is 2.60 bits per heavy atom. The smallest absolute Gasteiger partial charge is 0.242 e. The van der Waals surface area contributed by atoms with Crippen LogP contribution in [0.4, 0.5) is 0 Å². The van der Waals surface area contributed by atoms with E-state index < -0.39 is 10.0 Å². The summed E-state index contributed by atoms with van der Waals surface area (Å²) < 4.78 is 27.5. The molecular formula is C14H25N3O2S. The van der Waals surface area contributed by atoms with Crippen molar-refractivity contribution in [2.45, 2.75) is 56.5 Å². The highest BCUT2D eigenvalue weighted by Gasteiger charge is 2.25. The van der Waals surface area contributed by atoms with Crippen LogP contribution < -0.4 is 10.0 Å². The molecule has 1 heterocycles. The zero-order valence-corrected chi connectivity index (χ0v) is 13.1. The maximum Gasteiger partial charge on any atom is 0.242 e. The molecule has 1 aliphatic carbocycles. The fourth-order valence-corrected chi connectivity index (χ4v) is 4.16. The molecule has 0 amide bonds. The van der Waals surface area contributed by atoms with Gasteiger partial charge >= 0.3 is 0 Å². The van der Waals surface area contributed by atoms with Crippen LogP contribution in [0, 0.1) is 5.92 Å². The van der Waals surface area contributed by atoms with E-state index in [1.165, 1.54) is 6.42 Å². The summed E-state index contributed by atoms with van der Waals surface area (Å²) in [5.74, 6) is 0.769. The van der Waals surface area contributed by atoms with E-state index in [0.29, 0.717) is 11.4 Å². The molecule has 0 saturated heterocycles. The van der Waals surface area contributed by atoms with Gasteiger partial charge in [-0.15, -0.1) is 0 Å². The third kappa shape index (κ3) is 3.84. The third-order valence-electron chi connectivity index (χ3n) is 4.14. The van der Waals surface area contributed by atoms with Crippen molar-refractivity contribution in [2.75, 3.05) is 7.05 Å². The molecule has 0 atom stereocenters. The van der Waals surface area contributed by atoms with Gasteiger partial charge in [0.2, 0.25) is 10.0 Å². The average molecular weight is 299 g/mol. The molecule has 0 aromatic carbocycles. The van der Waals surface area contributed by atoms with Gasteiger partial charge in [0.05, 0.1) is 4.90 Å². The maximum absolute atomic E-state index is 12.3. The summed E-state index contributed by atoms with van der Waals surface area (Å²) in [6, 6.07) is 1.78. The van der Waals surface area contributed by atoms with Gasteiger partial charge in [-0.25, -0.2) is 13.1 Å². The number of aromatic nitrogens is 1. The van der Waals surface area contributed by atoms with Crippen molar-refractivity contribution >= 4 is 10.0 Å². The fraction of sp³-hybridized carbons (Fsp3) is 0.714. The number of sulfonamides is 1. The van der Waals surface area contributed by atoms with Gasteiger partial charge in [0.15, 0.2) is 0 Å². The molecule has 1 aliphatic rings. The Bertz CT molecular complexity index is 516. The van der Waals surface area contributed by atoms with Gasteiger partial charge in [-0.1, -0.05) is 13.3 Å². The maximum atomic E-state index is 12.3. The zero-order valence-electron chi connectivity index (χ0n) is 12.3. The van der Waals surface area contributed by atoms with Crippen LogP contribution in [0.5, 0.6) is 0 Å². The highest BCUT2D eigenvalue weighted by Crippen LogP contribution is 2.27. The van der Waals surface area contributed by atoms with Gasteiger partial charge in [0.25, 0.3) is 0 Å².